The van der Waals surface area contributed by atoms with Crippen LogP contribution in [0.3, 0.4) is 0 Å². The first kappa shape index (κ1) is 6.49. The van der Waals surface area contributed by atoms with E-state index < -0.39 is 0 Å². The van der Waals surface area contributed by atoms with Crippen LogP contribution in [0, 0.1) is 0 Å². The number of rotatable bonds is 1. The fourth-order valence-corrected chi connectivity index (χ4v) is 1.78. The van der Waals surface area contributed by atoms with Crippen molar-refractivity contribution >= 4 is 0 Å². The van der Waals surface area contributed by atoms with Gasteiger partial charge in [0.05, 0.1) is 25.2 Å². The Hall–Kier alpha value is -1.02. The lowest BCUT2D eigenvalue weighted by Crippen LogP contribution is -2.07. The summed E-state index contributed by atoms with van der Waals surface area (Å²) >= 11 is 0. The summed E-state index contributed by atoms with van der Waals surface area (Å²) < 4.78 is 10.8. The molecule has 0 radical (unpaired) electrons. The van der Waals surface area contributed by atoms with E-state index in [0.717, 1.165) is 19.0 Å². The summed E-state index contributed by atoms with van der Waals surface area (Å²) in [6, 6.07) is 8.23. The van der Waals surface area contributed by atoms with Gasteiger partial charge in [0, 0.05) is 5.56 Å². The molecule has 0 bridgehead atoms. The minimum Gasteiger partial charge on any atom is -0.493 e. The van der Waals surface area contributed by atoms with Gasteiger partial charge in [0.1, 0.15) is 5.75 Å². The Morgan fingerprint density at radius 2 is 2.00 bits per heavy atom. The molecule has 2 nitrogen and oxygen atoms in total. The quantitative estimate of drug-likeness (QED) is 0.584. The van der Waals surface area contributed by atoms with E-state index in [0.29, 0.717) is 12.0 Å². The maximum atomic E-state index is 5.53. The first-order valence-electron chi connectivity index (χ1n) is 4.28. The van der Waals surface area contributed by atoms with Gasteiger partial charge < -0.3 is 9.47 Å². The van der Waals surface area contributed by atoms with Crippen molar-refractivity contribution < 1.29 is 9.47 Å². The molecular weight excluding hydrogens is 152 g/mol. The average Bonchev–Trinajstić information content (AvgIpc) is 2.86. The van der Waals surface area contributed by atoms with Gasteiger partial charge in [0.15, 0.2) is 0 Å². The van der Waals surface area contributed by atoms with Crippen LogP contribution in [0.25, 0.3) is 0 Å². The second kappa shape index (κ2) is 2.23. The van der Waals surface area contributed by atoms with Crippen molar-refractivity contribution in [2.24, 2.45) is 0 Å². The van der Waals surface area contributed by atoms with E-state index in [4.69, 9.17) is 9.47 Å². The monoisotopic (exact) mass is 162 g/mol. The third kappa shape index (κ3) is 0.847. The maximum absolute atomic E-state index is 5.53. The third-order valence-electron chi connectivity index (χ3n) is 2.54. The van der Waals surface area contributed by atoms with Crippen LogP contribution in [0.5, 0.6) is 5.75 Å². The molecule has 1 fully saturated rings. The number of para-hydroxylation sites is 1. The van der Waals surface area contributed by atoms with Gasteiger partial charge >= 0.3 is 0 Å². The van der Waals surface area contributed by atoms with Gasteiger partial charge in [-0.2, -0.15) is 0 Å². The van der Waals surface area contributed by atoms with Gasteiger partial charge in [-0.15, -0.1) is 0 Å². The highest BCUT2D eigenvalue weighted by molar-refractivity contribution is 5.40. The molecule has 12 heavy (non-hydrogen) atoms. The van der Waals surface area contributed by atoms with Crippen LogP contribution in [0.1, 0.15) is 11.5 Å². The van der Waals surface area contributed by atoms with Crippen molar-refractivity contribution in [3.8, 4) is 5.75 Å². The van der Waals surface area contributed by atoms with Crippen molar-refractivity contribution in [3.63, 3.8) is 0 Å². The Morgan fingerprint density at radius 1 is 1.17 bits per heavy atom. The highest BCUT2D eigenvalue weighted by Crippen LogP contribution is 2.40. The Balaban J connectivity index is 2.01. The van der Waals surface area contributed by atoms with E-state index in [-0.39, 0.29) is 0 Å². The fraction of sp³-hybridized carbons (Fsp3) is 0.400. The fourth-order valence-electron chi connectivity index (χ4n) is 1.78. The number of fused-ring (bicyclic) bond motifs is 1. The number of benzene rings is 1. The second-order valence-corrected chi connectivity index (χ2v) is 3.33. The Kier molecular flexibility index (Phi) is 1.21. The molecule has 3 rings (SSSR count). The Bertz CT molecular complexity index is 304. The standard InChI is InChI=1S/C10H10O2/c1-2-4-9-7(3-1)8(5-11-9)10-6-12-10/h1-4,8,10H,5-6H2/t8-,10-/m0/s1. The molecule has 62 valence electrons. The van der Waals surface area contributed by atoms with Gasteiger partial charge in [-0.1, -0.05) is 18.2 Å². The molecule has 1 aromatic carbocycles. The van der Waals surface area contributed by atoms with Crippen molar-refractivity contribution in [1.29, 1.82) is 0 Å². The zero-order valence-electron chi connectivity index (χ0n) is 6.69. The zero-order chi connectivity index (χ0) is 7.97. The molecule has 1 aromatic rings. The highest BCUT2D eigenvalue weighted by Gasteiger charge is 2.38. The van der Waals surface area contributed by atoms with Gasteiger partial charge in [-0.3, -0.25) is 0 Å². The predicted molar refractivity (Wildman–Crippen MR) is 44.4 cm³/mol. The molecule has 0 unspecified atom stereocenters. The molecule has 2 heteroatoms. The van der Waals surface area contributed by atoms with Crippen molar-refractivity contribution in [1.82, 2.24) is 0 Å². The maximum Gasteiger partial charge on any atom is 0.123 e. The molecule has 0 spiro atoms. The molecule has 2 aliphatic rings. The Labute approximate surface area is 71.1 Å². The van der Waals surface area contributed by atoms with Crippen molar-refractivity contribution in [2.75, 3.05) is 13.2 Å². The molecule has 1 saturated heterocycles. The molecule has 0 aromatic heterocycles. The van der Waals surface area contributed by atoms with Crippen LogP contribution in [0.4, 0.5) is 0 Å². The van der Waals surface area contributed by atoms with E-state index in [1.54, 1.807) is 0 Å². The number of ether oxygens (including phenoxy) is 2. The molecule has 0 amide bonds. The summed E-state index contributed by atoms with van der Waals surface area (Å²) in [6.45, 7) is 1.70. The van der Waals surface area contributed by atoms with Crippen LogP contribution in [0.15, 0.2) is 24.3 Å². The average molecular weight is 162 g/mol. The summed E-state index contributed by atoms with van der Waals surface area (Å²) in [5, 5.41) is 0. The summed E-state index contributed by atoms with van der Waals surface area (Å²) in [7, 11) is 0. The van der Waals surface area contributed by atoms with E-state index in [1.165, 1.54) is 5.56 Å². The molecule has 0 N–H and O–H groups in total. The van der Waals surface area contributed by atoms with Crippen molar-refractivity contribution in [3.05, 3.63) is 29.8 Å². The number of hydrogen-bond donors (Lipinski definition) is 0. The van der Waals surface area contributed by atoms with Crippen LogP contribution < -0.4 is 4.74 Å². The summed E-state index contributed by atoms with van der Waals surface area (Å²) in [5.74, 6) is 1.53. The Morgan fingerprint density at radius 3 is 2.83 bits per heavy atom. The van der Waals surface area contributed by atoms with Crippen LogP contribution >= 0.6 is 0 Å². The van der Waals surface area contributed by atoms with Crippen LogP contribution in [-0.4, -0.2) is 19.3 Å². The van der Waals surface area contributed by atoms with E-state index in [1.807, 2.05) is 12.1 Å². The summed E-state index contributed by atoms with van der Waals surface area (Å²) in [6.07, 6.45) is 0.425. The molecular formula is C10H10O2. The highest BCUT2D eigenvalue weighted by atomic mass is 16.6. The minimum atomic E-state index is 0.425. The topological polar surface area (TPSA) is 21.8 Å². The van der Waals surface area contributed by atoms with E-state index in [9.17, 15) is 0 Å². The smallest absolute Gasteiger partial charge is 0.123 e. The van der Waals surface area contributed by atoms with Gasteiger partial charge in [-0.05, 0) is 6.07 Å². The predicted octanol–water partition coefficient (Wildman–Crippen LogP) is 1.56. The number of hydrogen-bond acceptors (Lipinski definition) is 2. The molecule has 2 heterocycles. The van der Waals surface area contributed by atoms with Gasteiger partial charge in [0.25, 0.3) is 0 Å². The largest absolute Gasteiger partial charge is 0.493 e. The third-order valence-corrected chi connectivity index (χ3v) is 2.54. The molecule has 0 saturated carbocycles. The lowest BCUT2D eigenvalue weighted by molar-refractivity contribution is 0.293. The first-order chi connectivity index (χ1) is 5.95. The van der Waals surface area contributed by atoms with Crippen LogP contribution in [0.2, 0.25) is 0 Å². The molecule has 2 aliphatic heterocycles. The first-order valence-corrected chi connectivity index (χ1v) is 4.28. The summed E-state index contributed by atoms with van der Waals surface area (Å²) in [5.41, 5.74) is 1.32. The van der Waals surface area contributed by atoms with Crippen molar-refractivity contribution in [2.45, 2.75) is 12.0 Å². The van der Waals surface area contributed by atoms with Gasteiger partial charge in [0.2, 0.25) is 0 Å². The lowest BCUT2D eigenvalue weighted by Gasteiger charge is -2.01. The molecule has 0 aliphatic carbocycles. The summed E-state index contributed by atoms with van der Waals surface area (Å²) in [4.78, 5) is 0. The lowest BCUT2D eigenvalue weighted by atomic mass is 9.99. The van der Waals surface area contributed by atoms with Gasteiger partial charge in [-0.25, -0.2) is 0 Å². The normalized spacial score (nSPS) is 31.0. The second-order valence-electron chi connectivity index (χ2n) is 3.33. The SMILES string of the molecule is c1ccc2c(c1)OC[C@@H]2[C@@H]1CO1. The van der Waals surface area contributed by atoms with Crippen LogP contribution in [-0.2, 0) is 4.74 Å². The molecule has 2 atom stereocenters. The van der Waals surface area contributed by atoms with E-state index >= 15 is 0 Å². The van der Waals surface area contributed by atoms with E-state index in [2.05, 4.69) is 12.1 Å². The minimum absolute atomic E-state index is 0.425. The number of epoxide rings is 1. The zero-order valence-corrected chi connectivity index (χ0v) is 6.69.